The van der Waals surface area contributed by atoms with E-state index < -0.39 is 0 Å². The number of rotatable bonds is 4. The van der Waals surface area contributed by atoms with Crippen molar-refractivity contribution in [3.8, 4) is 6.01 Å². The SMILES string of the molecule is COc1nc(Cl)nc(Sc2n[nH]c(=O)n2C2CC2)n1. The summed E-state index contributed by atoms with van der Waals surface area (Å²) < 4.78 is 6.52. The maximum Gasteiger partial charge on any atom is 0.344 e. The van der Waals surface area contributed by atoms with Gasteiger partial charge in [0.15, 0.2) is 5.16 Å². The summed E-state index contributed by atoms with van der Waals surface area (Å²) in [6.07, 6.45) is 1.96. The van der Waals surface area contributed by atoms with Gasteiger partial charge < -0.3 is 4.74 Å². The summed E-state index contributed by atoms with van der Waals surface area (Å²) in [4.78, 5) is 23.4. The van der Waals surface area contributed by atoms with Gasteiger partial charge in [-0.3, -0.25) is 4.57 Å². The number of aromatic amines is 1. The van der Waals surface area contributed by atoms with Gasteiger partial charge in [0.2, 0.25) is 10.4 Å². The van der Waals surface area contributed by atoms with Gasteiger partial charge in [-0.05, 0) is 36.2 Å². The van der Waals surface area contributed by atoms with Crippen molar-refractivity contribution in [3.05, 3.63) is 15.8 Å². The molecule has 1 aliphatic carbocycles. The van der Waals surface area contributed by atoms with Crippen LogP contribution < -0.4 is 10.4 Å². The van der Waals surface area contributed by atoms with E-state index in [1.54, 1.807) is 4.57 Å². The highest BCUT2D eigenvalue weighted by molar-refractivity contribution is 7.99. The van der Waals surface area contributed by atoms with Crippen LogP contribution in [0.1, 0.15) is 18.9 Å². The van der Waals surface area contributed by atoms with E-state index in [2.05, 4.69) is 25.1 Å². The van der Waals surface area contributed by atoms with Gasteiger partial charge >= 0.3 is 11.7 Å². The number of ether oxygens (including phenoxy) is 1. The van der Waals surface area contributed by atoms with Crippen molar-refractivity contribution in [3.63, 3.8) is 0 Å². The fourth-order valence-corrected chi connectivity index (χ4v) is 2.59. The zero-order chi connectivity index (χ0) is 13.4. The van der Waals surface area contributed by atoms with Crippen molar-refractivity contribution in [2.45, 2.75) is 29.2 Å². The zero-order valence-corrected chi connectivity index (χ0v) is 11.4. The molecule has 0 aromatic carbocycles. The van der Waals surface area contributed by atoms with Crippen LogP contribution in [0.3, 0.4) is 0 Å². The van der Waals surface area contributed by atoms with Gasteiger partial charge in [-0.1, -0.05) is 0 Å². The average Bonchev–Trinajstić information content (AvgIpc) is 3.14. The van der Waals surface area contributed by atoms with Crippen molar-refractivity contribution >= 4 is 23.4 Å². The number of nitrogens with one attached hydrogen (secondary N) is 1. The lowest BCUT2D eigenvalue weighted by Crippen LogP contribution is -2.16. The predicted octanol–water partition coefficient (Wildman–Crippen LogP) is 0.904. The molecular weight excluding hydrogens is 292 g/mol. The first-order valence-electron chi connectivity index (χ1n) is 5.47. The molecule has 100 valence electrons. The molecule has 3 rings (SSSR count). The van der Waals surface area contributed by atoms with E-state index in [-0.39, 0.29) is 23.0 Å². The second-order valence-corrected chi connectivity index (χ2v) is 5.16. The molecule has 1 aliphatic rings. The Morgan fingerprint density at radius 1 is 1.42 bits per heavy atom. The third-order valence-corrected chi connectivity index (χ3v) is 3.52. The number of hydrogen-bond acceptors (Lipinski definition) is 7. The summed E-state index contributed by atoms with van der Waals surface area (Å²) in [5.41, 5.74) is -0.225. The molecule has 1 saturated carbocycles. The van der Waals surface area contributed by atoms with Crippen molar-refractivity contribution in [2.24, 2.45) is 0 Å². The summed E-state index contributed by atoms with van der Waals surface area (Å²) in [6.45, 7) is 0. The highest BCUT2D eigenvalue weighted by atomic mass is 35.5. The monoisotopic (exact) mass is 300 g/mol. The lowest BCUT2D eigenvalue weighted by atomic mass is 10.7. The smallest absolute Gasteiger partial charge is 0.344 e. The Morgan fingerprint density at radius 3 is 2.89 bits per heavy atom. The topological polar surface area (TPSA) is 98.6 Å². The molecule has 0 aliphatic heterocycles. The standard InChI is InChI=1S/C9H9ClN6O2S/c1-18-6-11-5(10)12-7(13-6)19-9-15-14-8(17)16(9)4-2-3-4/h4H,2-3H2,1H3,(H,14,17). The Bertz CT molecular complexity index is 667. The van der Waals surface area contributed by atoms with Crippen LogP contribution in [0.5, 0.6) is 6.01 Å². The Labute approximate surface area is 116 Å². The summed E-state index contributed by atoms with van der Waals surface area (Å²) in [7, 11) is 1.44. The molecule has 0 bridgehead atoms. The Balaban J connectivity index is 1.93. The molecule has 10 heteroatoms. The molecule has 1 N–H and O–H groups in total. The quantitative estimate of drug-likeness (QED) is 0.895. The fraction of sp³-hybridized carbons (Fsp3) is 0.444. The first-order valence-corrected chi connectivity index (χ1v) is 6.67. The summed E-state index contributed by atoms with van der Waals surface area (Å²) in [5, 5.41) is 7.26. The second kappa shape index (κ2) is 4.82. The van der Waals surface area contributed by atoms with Crippen LogP contribution in [0, 0.1) is 0 Å². The van der Waals surface area contributed by atoms with E-state index in [1.165, 1.54) is 7.11 Å². The average molecular weight is 301 g/mol. The van der Waals surface area contributed by atoms with E-state index in [1.807, 2.05) is 0 Å². The van der Waals surface area contributed by atoms with Crippen LogP contribution in [0.2, 0.25) is 5.28 Å². The van der Waals surface area contributed by atoms with Crippen LogP contribution in [-0.2, 0) is 0 Å². The minimum Gasteiger partial charge on any atom is -0.467 e. The van der Waals surface area contributed by atoms with E-state index in [4.69, 9.17) is 16.3 Å². The molecule has 2 aromatic rings. The first-order chi connectivity index (χ1) is 9.17. The number of aromatic nitrogens is 6. The third kappa shape index (κ3) is 2.56. The van der Waals surface area contributed by atoms with Gasteiger partial charge in [0.1, 0.15) is 0 Å². The highest BCUT2D eigenvalue weighted by Gasteiger charge is 2.29. The van der Waals surface area contributed by atoms with Crippen molar-refractivity contribution in [2.75, 3.05) is 7.11 Å². The van der Waals surface area contributed by atoms with Gasteiger partial charge in [-0.15, -0.1) is 5.10 Å². The largest absolute Gasteiger partial charge is 0.467 e. The number of nitrogens with zero attached hydrogens (tertiary/aromatic N) is 5. The van der Waals surface area contributed by atoms with Gasteiger partial charge in [-0.2, -0.15) is 15.0 Å². The van der Waals surface area contributed by atoms with E-state index >= 15 is 0 Å². The van der Waals surface area contributed by atoms with Gasteiger partial charge in [0, 0.05) is 6.04 Å². The molecule has 0 spiro atoms. The maximum absolute atomic E-state index is 11.6. The van der Waals surface area contributed by atoms with Crippen molar-refractivity contribution < 1.29 is 4.74 Å². The first kappa shape index (κ1) is 12.4. The maximum atomic E-state index is 11.6. The molecule has 0 atom stereocenters. The normalized spacial score (nSPS) is 14.6. The lowest BCUT2D eigenvalue weighted by Gasteiger charge is -2.03. The van der Waals surface area contributed by atoms with Crippen molar-refractivity contribution in [1.82, 2.24) is 29.7 Å². The minimum absolute atomic E-state index is 0.0326. The van der Waals surface area contributed by atoms with E-state index in [0.29, 0.717) is 10.3 Å². The molecule has 0 saturated heterocycles. The van der Waals surface area contributed by atoms with Crippen LogP contribution in [0.25, 0.3) is 0 Å². The minimum atomic E-state index is -0.225. The van der Waals surface area contributed by atoms with Crippen molar-refractivity contribution in [1.29, 1.82) is 0 Å². The Morgan fingerprint density at radius 2 is 2.21 bits per heavy atom. The highest BCUT2D eigenvalue weighted by Crippen LogP contribution is 2.37. The summed E-state index contributed by atoms with van der Waals surface area (Å²) in [6, 6.07) is 0.339. The van der Waals surface area contributed by atoms with Gasteiger partial charge in [-0.25, -0.2) is 9.89 Å². The molecule has 0 amide bonds. The predicted molar refractivity (Wildman–Crippen MR) is 66.6 cm³/mol. The lowest BCUT2D eigenvalue weighted by molar-refractivity contribution is 0.373. The number of halogens is 1. The van der Waals surface area contributed by atoms with Crippen LogP contribution >= 0.6 is 23.4 Å². The van der Waals surface area contributed by atoms with E-state index in [9.17, 15) is 4.79 Å². The number of hydrogen-bond donors (Lipinski definition) is 1. The summed E-state index contributed by atoms with van der Waals surface area (Å²) >= 11 is 6.90. The third-order valence-electron chi connectivity index (χ3n) is 2.52. The second-order valence-electron chi connectivity index (χ2n) is 3.89. The van der Waals surface area contributed by atoms with Gasteiger partial charge in [0.05, 0.1) is 7.11 Å². The van der Waals surface area contributed by atoms with Crippen LogP contribution in [0.15, 0.2) is 15.1 Å². The number of methoxy groups -OCH3 is 1. The van der Waals surface area contributed by atoms with Crippen LogP contribution in [0.4, 0.5) is 0 Å². The molecular formula is C9H9ClN6O2S. The fourth-order valence-electron chi connectivity index (χ4n) is 1.55. The molecule has 2 heterocycles. The Kier molecular flexibility index (Phi) is 3.15. The molecule has 8 nitrogen and oxygen atoms in total. The molecule has 1 fully saturated rings. The molecule has 0 radical (unpaired) electrons. The Hall–Kier alpha value is -1.61. The molecule has 19 heavy (non-hydrogen) atoms. The zero-order valence-electron chi connectivity index (χ0n) is 9.83. The van der Waals surface area contributed by atoms with Gasteiger partial charge in [0.25, 0.3) is 0 Å². The number of H-pyrrole nitrogens is 1. The van der Waals surface area contributed by atoms with Crippen LogP contribution in [-0.4, -0.2) is 36.8 Å². The molecule has 0 unspecified atom stereocenters. The summed E-state index contributed by atoms with van der Waals surface area (Å²) in [5.74, 6) is 0. The van der Waals surface area contributed by atoms with E-state index in [0.717, 1.165) is 24.6 Å². The molecule has 2 aromatic heterocycles.